The topological polar surface area (TPSA) is 83.0 Å². The first kappa shape index (κ1) is 14.2. The standard InChI is InChI=1S/C14H18N4O2/c15-9-13-10-18(17-16-13)11-14(19)20-8-4-7-12-5-2-1-3-6-12/h1-3,5-6,10H,4,7-9,11,15H2. The summed E-state index contributed by atoms with van der Waals surface area (Å²) in [6, 6.07) is 10.1. The van der Waals surface area contributed by atoms with Crippen LogP contribution in [0.2, 0.25) is 0 Å². The van der Waals surface area contributed by atoms with Gasteiger partial charge >= 0.3 is 5.97 Å². The molecule has 0 bridgehead atoms. The summed E-state index contributed by atoms with van der Waals surface area (Å²) in [5.41, 5.74) is 7.31. The van der Waals surface area contributed by atoms with Crippen LogP contribution in [0.15, 0.2) is 36.5 Å². The Morgan fingerprint density at radius 3 is 2.80 bits per heavy atom. The number of nitrogens with zero attached hydrogens (tertiary/aromatic N) is 3. The van der Waals surface area contributed by atoms with Crippen molar-refractivity contribution in [1.82, 2.24) is 15.0 Å². The average molecular weight is 274 g/mol. The number of aromatic nitrogens is 3. The highest BCUT2D eigenvalue weighted by Gasteiger charge is 2.06. The van der Waals surface area contributed by atoms with Crippen molar-refractivity contribution < 1.29 is 9.53 Å². The Labute approximate surface area is 117 Å². The predicted octanol–water partition coefficient (Wildman–Crippen LogP) is 0.913. The van der Waals surface area contributed by atoms with Gasteiger partial charge in [-0.15, -0.1) is 5.10 Å². The number of carbonyl (C=O) groups excluding carboxylic acids is 1. The first-order valence-electron chi connectivity index (χ1n) is 6.56. The molecule has 2 aromatic rings. The highest BCUT2D eigenvalue weighted by Crippen LogP contribution is 2.02. The molecule has 0 aliphatic carbocycles. The second kappa shape index (κ2) is 7.40. The first-order valence-corrected chi connectivity index (χ1v) is 6.56. The van der Waals surface area contributed by atoms with Crippen molar-refractivity contribution in [2.24, 2.45) is 5.73 Å². The van der Waals surface area contributed by atoms with E-state index in [1.807, 2.05) is 18.2 Å². The molecule has 1 aromatic carbocycles. The lowest BCUT2D eigenvalue weighted by Gasteiger charge is -2.04. The maximum atomic E-state index is 11.6. The summed E-state index contributed by atoms with van der Waals surface area (Å²) in [4.78, 5) is 11.6. The maximum absolute atomic E-state index is 11.6. The minimum atomic E-state index is -0.313. The van der Waals surface area contributed by atoms with E-state index < -0.39 is 0 Å². The third-order valence-electron chi connectivity index (χ3n) is 2.80. The van der Waals surface area contributed by atoms with Gasteiger partial charge in [0.05, 0.1) is 18.5 Å². The fourth-order valence-electron chi connectivity index (χ4n) is 1.79. The largest absolute Gasteiger partial charge is 0.464 e. The zero-order valence-electron chi connectivity index (χ0n) is 11.2. The van der Waals surface area contributed by atoms with Crippen molar-refractivity contribution in [2.75, 3.05) is 6.61 Å². The van der Waals surface area contributed by atoms with E-state index in [1.165, 1.54) is 10.2 Å². The van der Waals surface area contributed by atoms with Crippen LogP contribution in [0.5, 0.6) is 0 Å². The molecule has 0 atom stereocenters. The van der Waals surface area contributed by atoms with Crippen molar-refractivity contribution in [1.29, 1.82) is 0 Å². The number of hydrogen-bond acceptors (Lipinski definition) is 5. The van der Waals surface area contributed by atoms with Crippen LogP contribution in [0.1, 0.15) is 17.7 Å². The van der Waals surface area contributed by atoms with Crippen LogP contribution in [0, 0.1) is 0 Å². The lowest BCUT2D eigenvalue weighted by atomic mass is 10.1. The molecule has 2 N–H and O–H groups in total. The highest BCUT2D eigenvalue weighted by molar-refractivity contribution is 5.68. The molecule has 0 amide bonds. The fourth-order valence-corrected chi connectivity index (χ4v) is 1.79. The molecule has 0 saturated carbocycles. The van der Waals surface area contributed by atoms with Gasteiger partial charge in [-0.25, -0.2) is 4.68 Å². The molecule has 0 unspecified atom stereocenters. The molecule has 0 aliphatic rings. The summed E-state index contributed by atoms with van der Waals surface area (Å²) in [7, 11) is 0. The Bertz CT molecular complexity index is 539. The van der Waals surface area contributed by atoms with E-state index in [4.69, 9.17) is 10.5 Å². The summed E-state index contributed by atoms with van der Waals surface area (Å²) in [6.07, 6.45) is 3.35. The molecule has 0 saturated heterocycles. The molecule has 0 spiro atoms. The first-order chi connectivity index (χ1) is 9.78. The van der Waals surface area contributed by atoms with Crippen molar-refractivity contribution in [3.05, 3.63) is 47.8 Å². The second-order valence-corrected chi connectivity index (χ2v) is 4.42. The van der Waals surface area contributed by atoms with Gasteiger partial charge in [0.15, 0.2) is 0 Å². The maximum Gasteiger partial charge on any atom is 0.327 e. The number of rotatable bonds is 7. The van der Waals surface area contributed by atoms with Crippen LogP contribution in [-0.2, 0) is 29.0 Å². The lowest BCUT2D eigenvalue weighted by Crippen LogP contribution is -2.15. The number of ether oxygens (including phenoxy) is 1. The van der Waals surface area contributed by atoms with Gasteiger partial charge in [0.2, 0.25) is 0 Å². The summed E-state index contributed by atoms with van der Waals surface area (Å²) in [5, 5.41) is 7.59. The Morgan fingerprint density at radius 1 is 1.30 bits per heavy atom. The SMILES string of the molecule is NCc1cn(CC(=O)OCCCc2ccccc2)nn1. The van der Waals surface area contributed by atoms with Crippen molar-refractivity contribution in [3.8, 4) is 0 Å². The van der Waals surface area contributed by atoms with Crippen LogP contribution in [0.3, 0.4) is 0 Å². The van der Waals surface area contributed by atoms with Gasteiger partial charge in [0, 0.05) is 6.54 Å². The molecule has 1 aromatic heterocycles. The zero-order chi connectivity index (χ0) is 14.2. The van der Waals surface area contributed by atoms with Gasteiger partial charge in [-0.3, -0.25) is 4.79 Å². The summed E-state index contributed by atoms with van der Waals surface area (Å²) in [6.45, 7) is 0.788. The third kappa shape index (κ3) is 4.47. The Kier molecular flexibility index (Phi) is 5.25. The normalized spacial score (nSPS) is 10.4. The highest BCUT2D eigenvalue weighted by atomic mass is 16.5. The molecular formula is C14H18N4O2. The van der Waals surface area contributed by atoms with Gasteiger partial charge in [0.1, 0.15) is 6.54 Å². The number of hydrogen-bond donors (Lipinski definition) is 1. The van der Waals surface area contributed by atoms with Crippen molar-refractivity contribution in [3.63, 3.8) is 0 Å². The minimum absolute atomic E-state index is 0.0678. The van der Waals surface area contributed by atoms with Gasteiger partial charge < -0.3 is 10.5 Å². The molecule has 2 rings (SSSR count). The Balaban J connectivity index is 1.65. The Hall–Kier alpha value is -2.21. The van der Waals surface area contributed by atoms with E-state index in [9.17, 15) is 4.79 Å². The van der Waals surface area contributed by atoms with E-state index in [2.05, 4.69) is 22.4 Å². The molecule has 0 fully saturated rings. The number of nitrogens with two attached hydrogens (primary N) is 1. The van der Waals surface area contributed by atoms with Crippen molar-refractivity contribution >= 4 is 5.97 Å². The number of benzene rings is 1. The average Bonchev–Trinajstić information content (AvgIpc) is 2.92. The van der Waals surface area contributed by atoms with Gasteiger partial charge in [0.25, 0.3) is 0 Å². The molecule has 0 aliphatic heterocycles. The molecule has 6 heteroatoms. The van der Waals surface area contributed by atoms with E-state index in [-0.39, 0.29) is 12.5 Å². The van der Waals surface area contributed by atoms with E-state index in [1.54, 1.807) is 6.20 Å². The second-order valence-electron chi connectivity index (χ2n) is 4.42. The zero-order valence-corrected chi connectivity index (χ0v) is 11.2. The summed E-state index contributed by atoms with van der Waals surface area (Å²) in [5.74, 6) is -0.313. The smallest absolute Gasteiger partial charge is 0.327 e. The molecule has 20 heavy (non-hydrogen) atoms. The van der Waals surface area contributed by atoms with E-state index in [0.717, 1.165) is 12.8 Å². The van der Waals surface area contributed by atoms with Gasteiger partial charge in [-0.1, -0.05) is 35.5 Å². The minimum Gasteiger partial charge on any atom is -0.464 e. The van der Waals surface area contributed by atoms with Crippen LogP contribution >= 0.6 is 0 Å². The quantitative estimate of drug-likeness (QED) is 0.599. The van der Waals surface area contributed by atoms with Gasteiger partial charge in [-0.2, -0.15) is 0 Å². The van der Waals surface area contributed by atoms with Crippen LogP contribution in [0.25, 0.3) is 0 Å². The molecular weight excluding hydrogens is 256 g/mol. The van der Waals surface area contributed by atoms with Crippen LogP contribution in [0.4, 0.5) is 0 Å². The molecule has 1 heterocycles. The monoisotopic (exact) mass is 274 g/mol. The van der Waals surface area contributed by atoms with Crippen LogP contribution < -0.4 is 5.73 Å². The number of carbonyl (C=O) groups is 1. The summed E-state index contributed by atoms with van der Waals surface area (Å²) >= 11 is 0. The van der Waals surface area contributed by atoms with E-state index >= 15 is 0 Å². The third-order valence-corrected chi connectivity index (χ3v) is 2.80. The summed E-state index contributed by atoms with van der Waals surface area (Å²) < 4.78 is 6.58. The molecule has 0 radical (unpaired) electrons. The molecule has 106 valence electrons. The number of aryl methyl sites for hydroxylation is 1. The van der Waals surface area contributed by atoms with Crippen LogP contribution in [-0.4, -0.2) is 27.6 Å². The predicted molar refractivity (Wildman–Crippen MR) is 73.6 cm³/mol. The number of esters is 1. The van der Waals surface area contributed by atoms with E-state index in [0.29, 0.717) is 18.8 Å². The lowest BCUT2D eigenvalue weighted by molar-refractivity contribution is -0.144. The Morgan fingerprint density at radius 2 is 2.10 bits per heavy atom. The fraction of sp³-hybridized carbons (Fsp3) is 0.357. The molecule has 6 nitrogen and oxygen atoms in total. The van der Waals surface area contributed by atoms with Gasteiger partial charge in [-0.05, 0) is 18.4 Å². The van der Waals surface area contributed by atoms with Crippen molar-refractivity contribution in [2.45, 2.75) is 25.9 Å².